The highest BCUT2D eigenvalue weighted by Gasteiger charge is 2.59. The van der Waals surface area contributed by atoms with E-state index in [0.29, 0.717) is 16.7 Å². The molecule has 0 spiro atoms. The Kier molecular flexibility index (Phi) is 9.39. The summed E-state index contributed by atoms with van der Waals surface area (Å²) in [4.78, 5) is 25.9. The van der Waals surface area contributed by atoms with E-state index in [0.717, 1.165) is 103 Å². The third-order valence-corrected chi connectivity index (χ3v) is 14.3. The van der Waals surface area contributed by atoms with Crippen LogP contribution >= 0.6 is 0 Å². The monoisotopic (exact) mass is 656 g/mol. The molecule has 262 valence electrons. The lowest BCUT2D eigenvalue weighted by Crippen LogP contribution is -2.51. The van der Waals surface area contributed by atoms with Gasteiger partial charge in [0.25, 0.3) is 0 Å². The second-order valence-corrected chi connectivity index (χ2v) is 17.6. The van der Waals surface area contributed by atoms with E-state index in [1.165, 1.54) is 51.4 Å². The first-order valence-corrected chi connectivity index (χ1v) is 19.6. The highest BCUT2D eigenvalue weighted by molar-refractivity contribution is 5.89. The van der Waals surface area contributed by atoms with Gasteiger partial charge in [0.1, 0.15) is 17.4 Å². The van der Waals surface area contributed by atoms with Crippen LogP contribution < -0.4 is 10.4 Å². The predicted molar refractivity (Wildman–Crippen MR) is 192 cm³/mol. The number of carbonyl (C=O) groups excluding carboxylic acids is 1. The Morgan fingerprint density at radius 2 is 1.77 bits per heavy atom. The molecule has 7 rings (SSSR count). The average molecular weight is 657 g/mol. The maximum atomic E-state index is 13.2. The van der Waals surface area contributed by atoms with Crippen LogP contribution in [0.15, 0.2) is 33.0 Å². The fraction of sp³-hybridized carbons (Fsp3) is 0.721. The van der Waals surface area contributed by atoms with E-state index in [1.54, 1.807) is 5.57 Å². The van der Waals surface area contributed by atoms with Crippen LogP contribution in [0.25, 0.3) is 11.0 Å². The van der Waals surface area contributed by atoms with Crippen molar-refractivity contribution >= 4 is 16.9 Å². The normalized spacial score (nSPS) is 33.3. The van der Waals surface area contributed by atoms with Gasteiger partial charge in [0.2, 0.25) is 0 Å². The number of aryl methyl sites for hydroxylation is 2. The molecule has 8 atom stereocenters. The fourth-order valence-corrected chi connectivity index (χ4v) is 11.9. The minimum absolute atomic E-state index is 0.0894. The summed E-state index contributed by atoms with van der Waals surface area (Å²) >= 11 is 0. The summed E-state index contributed by atoms with van der Waals surface area (Å²) in [6.45, 7) is 14.3. The van der Waals surface area contributed by atoms with Crippen molar-refractivity contribution in [1.29, 1.82) is 0 Å². The summed E-state index contributed by atoms with van der Waals surface area (Å²) in [5.41, 5.74) is 5.31. The Hall–Kier alpha value is -2.56. The first-order valence-electron chi connectivity index (χ1n) is 19.6. The zero-order chi connectivity index (χ0) is 33.8. The van der Waals surface area contributed by atoms with Crippen LogP contribution in [-0.4, -0.2) is 18.7 Å². The Bertz CT molecular complexity index is 1610. The lowest BCUT2D eigenvalue weighted by molar-refractivity contribution is -0.153. The van der Waals surface area contributed by atoms with Crippen molar-refractivity contribution in [2.24, 2.45) is 46.3 Å². The van der Waals surface area contributed by atoms with E-state index in [-0.39, 0.29) is 29.7 Å². The number of hydrogen-bond donors (Lipinski definition) is 0. The third kappa shape index (κ3) is 6.08. The molecule has 5 aliphatic rings. The van der Waals surface area contributed by atoms with E-state index in [4.69, 9.17) is 13.9 Å². The second kappa shape index (κ2) is 13.3. The van der Waals surface area contributed by atoms with Gasteiger partial charge in [-0.2, -0.15) is 0 Å². The molecule has 0 unspecified atom stereocenters. The number of allylic oxidation sites excluding steroid dienone is 1. The van der Waals surface area contributed by atoms with Gasteiger partial charge in [-0.05, 0) is 147 Å². The van der Waals surface area contributed by atoms with Crippen LogP contribution in [-0.2, 0) is 22.4 Å². The summed E-state index contributed by atoms with van der Waals surface area (Å²) in [6, 6.07) is 3.85. The molecule has 5 aliphatic carbocycles. The standard InChI is InChI=1S/C43H60O5/c1-26(2)10-9-11-28(4)34-16-17-35-33-15-14-29-24-30(18-20-42(29,5)36(33)19-21-43(34,35)6)47-39(44)25-46-37-22-27(3)23-38-40(37)31-12-7-8-13-32(31)41(45)48-38/h14,22-23,26,28,30,33-36H,7-13,15-21,24-25H2,1-6H3/t28-,30+,33+,34-,35-,36+,42+,43-/m1/s1. The molecule has 2 aromatic rings. The molecule has 0 saturated heterocycles. The Balaban J connectivity index is 0.991. The predicted octanol–water partition coefficient (Wildman–Crippen LogP) is 10.3. The van der Waals surface area contributed by atoms with Gasteiger partial charge in [-0.1, -0.05) is 65.5 Å². The number of ether oxygens (including phenoxy) is 2. The van der Waals surface area contributed by atoms with Crippen LogP contribution in [0.2, 0.25) is 0 Å². The van der Waals surface area contributed by atoms with E-state index < -0.39 is 0 Å². The third-order valence-electron chi connectivity index (χ3n) is 14.3. The molecule has 1 heterocycles. The van der Waals surface area contributed by atoms with Crippen molar-refractivity contribution in [3.63, 3.8) is 0 Å². The van der Waals surface area contributed by atoms with Gasteiger partial charge < -0.3 is 13.9 Å². The van der Waals surface area contributed by atoms with Crippen LogP contribution in [0, 0.1) is 53.3 Å². The van der Waals surface area contributed by atoms with Gasteiger partial charge in [-0.3, -0.25) is 0 Å². The van der Waals surface area contributed by atoms with Gasteiger partial charge in [0, 0.05) is 12.0 Å². The molecule has 0 radical (unpaired) electrons. The molecule has 0 aliphatic heterocycles. The summed E-state index contributed by atoms with van der Waals surface area (Å²) in [5.74, 6) is 5.25. The maximum absolute atomic E-state index is 13.2. The zero-order valence-corrected chi connectivity index (χ0v) is 30.6. The first kappa shape index (κ1) is 33.9. The molecule has 0 bridgehead atoms. The maximum Gasteiger partial charge on any atom is 0.344 e. The molecule has 0 N–H and O–H groups in total. The largest absolute Gasteiger partial charge is 0.481 e. The fourth-order valence-electron chi connectivity index (χ4n) is 11.9. The van der Waals surface area contributed by atoms with E-state index in [1.807, 2.05) is 19.1 Å². The highest BCUT2D eigenvalue weighted by Crippen LogP contribution is 2.67. The molecule has 3 saturated carbocycles. The minimum atomic E-state index is -0.313. The van der Waals surface area contributed by atoms with Crippen molar-refractivity contribution in [2.45, 2.75) is 144 Å². The number of fused-ring (bicyclic) bond motifs is 8. The zero-order valence-electron chi connectivity index (χ0n) is 30.6. The first-order chi connectivity index (χ1) is 23.0. The Labute approximate surface area is 288 Å². The molecule has 1 aromatic heterocycles. The topological polar surface area (TPSA) is 65.7 Å². The molecular formula is C43H60O5. The van der Waals surface area contributed by atoms with Crippen LogP contribution in [0.1, 0.15) is 135 Å². The smallest absolute Gasteiger partial charge is 0.344 e. The van der Waals surface area contributed by atoms with Crippen molar-refractivity contribution in [2.75, 3.05) is 6.61 Å². The molecular weight excluding hydrogens is 596 g/mol. The number of hydrogen-bond acceptors (Lipinski definition) is 5. The average Bonchev–Trinajstić information content (AvgIpc) is 3.41. The molecule has 48 heavy (non-hydrogen) atoms. The second-order valence-electron chi connectivity index (χ2n) is 17.6. The van der Waals surface area contributed by atoms with E-state index in [9.17, 15) is 9.59 Å². The van der Waals surface area contributed by atoms with Gasteiger partial charge >= 0.3 is 11.6 Å². The molecule has 1 aromatic carbocycles. The molecule has 0 amide bonds. The SMILES string of the molecule is Cc1cc(OCC(=O)O[C@H]2CC[C@@]3(C)C(=CC[C@H]4[C@H]5CC[C@H]([C@H](C)CCCC(C)C)[C@@]5(C)CC[C@@H]43)C2)c2c3c(c(=O)oc2c1)CCCC3. The number of carbonyl (C=O) groups is 1. The van der Waals surface area contributed by atoms with Gasteiger partial charge in [-0.15, -0.1) is 0 Å². The summed E-state index contributed by atoms with van der Waals surface area (Å²) < 4.78 is 18.0. The Morgan fingerprint density at radius 1 is 0.979 bits per heavy atom. The minimum Gasteiger partial charge on any atom is -0.481 e. The van der Waals surface area contributed by atoms with Gasteiger partial charge in [0.15, 0.2) is 6.61 Å². The molecule has 3 fully saturated rings. The molecule has 5 nitrogen and oxygen atoms in total. The lowest BCUT2D eigenvalue weighted by atomic mass is 9.47. The summed E-state index contributed by atoms with van der Waals surface area (Å²) in [5, 5.41) is 0.843. The quantitative estimate of drug-likeness (QED) is 0.153. The highest BCUT2D eigenvalue weighted by atomic mass is 16.6. The number of benzene rings is 1. The lowest BCUT2D eigenvalue weighted by Gasteiger charge is -2.58. The summed E-state index contributed by atoms with van der Waals surface area (Å²) in [6.07, 6.45) is 19.9. The van der Waals surface area contributed by atoms with Crippen LogP contribution in [0.3, 0.4) is 0 Å². The number of rotatable bonds is 9. The van der Waals surface area contributed by atoms with E-state index >= 15 is 0 Å². The van der Waals surface area contributed by atoms with E-state index in [2.05, 4.69) is 40.7 Å². The van der Waals surface area contributed by atoms with Crippen molar-refractivity contribution < 1.29 is 18.7 Å². The number of esters is 1. The van der Waals surface area contributed by atoms with Crippen LogP contribution in [0.4, 0.5) is 0 Å². The van der Waals surface area contributed by atoms with Gasteiger partial charge in [0.05, 0.1) is 5.39 Å². The van der Waals surface area contributed by atoms with Gasteiger partial charge in [-0.25, -0.2) is 9.59 Å². The van der Waals surface area contributed by atoms with Crippen molar-refractivity contribution in [3.05, 3.63) is 50.9 Å². The van der Waals surface area contributed by atoms with Crippen molar-refractivity contribution in [3.8, 4) is 5.75 Å². The van der Waals surface area contributed by atoms with Crippen molar-refractivity contribution in [1.82, 2.24) is 0 Å². The van der Waals surface area contributed by atoms with Crippen LogP contribution in [0.5, 0.6) is 5.75 Å². The summed E-state index contributed by atoms with van der Waals surface area (Å²) in [7, 11) is 0. The molecule has 5 heteroatoms. The Morgan fingerprint density at radius 3 is 2.56 bits per heavy atom.